The molecule has 2 aromatic rings. The second-order valence-corrected chi connectivity index (χ2v) is 6.93. The van der Waals surface area contributed by atoms with Gasteiger partial charge in [-0.15, -0.1) is 0 Å². The molecule has 0 unspecified atom stereocenters. The van der Waals surface area contributed by atoms with Gasteiger partial charge in [0, 0.05) is 30.7 Å². The Morgan fingerprint density at radius 1 is 1.32 bits per heavy atom. The van der Waals surface area contributed by atoms with Crippen molar-refractivity contribution in [2.24, 2.45) is 0 Å². The van der Waals surface area contributed by atoms with E-state index in [2.05, 4.69) is 10.4 Å². The molecule has 0 radical (unpaired) electrons. The van der Waals surface area contributed by atoms with Gasteiger partial charge in [0.2, 0.25) is 5.91 Å². The number of amides is 2. The lowest BCUT2D eigenvalue weighted by Crippen LogP contribution is -2.44. The molecule has 6 nitrogen and oxygen atoms in total. The van der Waals surface area contributed by atoms with E-state index in [1.807, 2.05) is 6.92 Å². The highest BCUT2D eigenvalue weighted by atomic mass is 35.5. The number of carbonyl (C=O) groups is 2. The van der Waals surface area contributed by atoms with Crippen LogP contribution in [0.3, 0.4) is 0 Å². The van der Waals surface area contributed by atoms with Gasteiger partial charge in [0.1, 0.15) is 0 Å². The van der Waals surface area contributed by atoms with Gasteiger partial charge in [0.15, 0.2) is 0 Å². The number of carbonyl (C=O) groups excluding carboxylic acids is 2. The van der Waals surface area contributed by atoms with E-state index in [0.717, 1.165) is 6.42 Å². The molecule has 1 aromatic heterocycles. The largest absolute Gasteiger partial charge is 0.347 e. The molecule has 0 spiro atoms. The average Bonchev–Trinajstić information content (AvgIpc) is 3.15. The van der Waals surface area contributed by atoms with Crippen LogP contribution in [0.5, 0.6) is 0 Å². The lowest BCUT2D eigenvalue weighted by Gasteiger charge is -2.23. The van der Waals surface area contributed by atoms with Crippen molar-refractivity contribution in [3.05, 3.63) is 46.2 Å². The van der Waals surface area contributed by atoms with Crippen LogP contribution >= 0.6 is 23.2 Å². The zero-order chi connectivity index (χ0) is 18.1. The van der Waals surface area contributed by atoms with Crippen molar-refractivity contribution in [2.45, 2.75) is 32.4 Å². The Kier molecular flexibility index (Phi) is 5.01. The van der Waals surface area contributed by atoms with E-state index in [0.29, 0.717) is 27.8 Å². The first kappa shape index (κ1) is 17.8. The molecule has 2 atom stereocenters. The highest BCUT2D eigenvalue weighted by Crippen LogP contribution is 2.24. The van der Waals surface area contributed by atoms with E-state index in [4.69, 9.17) is 23.2 Å². The SMILES string of the molecule is CC(=O)N1CC[C@@H](NC(=O)c2cnn(-c3ccc(Cl)cc3Cl)c2)[C@H]1C. The zero-order valence-electron chi connectivity index (χ0n) is 13.9. The van der Waals surface area contributed by atoms with Crippen molar-refractivity contribution in [1.29, 1.82) is 0 Å². The quantitative estimate of drug-likeness (QED) is 0.889. The maximum atomic E-state index is 12.5. The molecular formula is C17H18Cl2N4O2. The molecular weight excluding hydrogens is 363 g/mol. The minimum Gasteiger partial charge on any atom is -0.347 e. The van der Waals surface area contributed by atoms with Crippen LogP contribution in [0.25, 0.3) is 5.69 Å². The molecule has 3 rings (SSSR count). The molecule has 1 saturated heterocycles. The van der Waals surface area contributed by atoms with Crippen LogP contribution < -0.4 is 5.32 Å². The summed E-state index contributed by atoms with van der Waals surface area (Å²) in [7, 11) is 0. The fraction of sp³-hybridized carbons (Fsp3) is 0.353. The van der Waals surface area contributed by atoms with Crippen molar-refractivity contribution in [2.75, 3.05) is 6.54 Å². The summed E-state index contributed by atoms with van der Waals surface area (Å²) in [5, 5.41) is 8.16. The number of halogens is 2. The predicted molar refractivity (Wildman–Crippen MR) is 96.3 cm³/mol. The molecule has 1 fully saturated rings. The van der Waals surface area contributed by atoms with Crippen molar-refractivity contribution >= 4 is 35.0 Å². The van der Waals surface area contributed by atoms with E-state index >= 15 is 0 Å². The van der Waals surface area contributed by atoms with Crippen molar-refractivity contribution in [1.82, 2.24) is 20.0 Å². The molecule has 0 aliphatic carbocycles. The van der Waals surface area contributed by atoms with Gasteiger partial charge < -0.3 is 10.2 Å². The van der Waals surface area contributed by atoms with Gasteiger partial charge in [-0.1, -0.05) is 23.2 Å². The summed E-state index contributed by atoms with van der Waals surface area (Å²) >= 11 is 12.1. The topological polar surface area (TPSA) is 67.2 Å². The molecule has 0 bridgehead atoms. The van der Waals surface area contributed by atoms with E-state index in [-0.39, 0.29) is 23.9 Å². The van der Waals surface area contributed by atoms with Crippen molar-refractivity contribution in [3.63, 3.8) is 0 Å². The summed E-state index contributed by atoms with van der Waals surface area (Å²) in [4.78, 5) is 25.8. The minimum atomic E-state index is -0.224. The second kappa shape index (κ2) is 7.06. The number of likely N-dealkylation sites (tertiary alicyclic amines) is 1. The Balaban J connectivity index is 1.72. The van der Waals surface area contributed by atoms with Crippen LogP contribution in [0.4, 0.5) is 0 Å². The zero-order valence-corrected chi connectivity index (χ0v) is 15.4. The Hall–Kier alpha value is -2.05. The van der Waals surface area contributed by atoms with Crippen LogP contribution in [-0.2, 0) is 4.79 Å². The number of nitrogens with zero attached hydrogens (tertiary/aromatic N) is 3. The van der Waals surface area contributed by atoms with E-state index in [1.165, 1.54) is 10.9 Å². The summed E-state index contributed by atoms with van der Waals surface area (Å²) in [6.45, 7) is 4.14. The third-order valence-electron chi connectivity index (χ3n) is 4.48. The Morgan fingerprint density at radius 3 is 2.72 bits per heavy atom. The number of aromatic nitrogens is 2. The van der Waals surface area contributed by atoms with Gasteiger partial charge >= 0.3 is 0 Å². The fourth-order valence-corrected chi connectivity index (χ4v) is 3.56. The lowest BCUT2D eigenvalue weighted by molar-refractivity contribution is -0.129. The van der Waals surface area contributed by atoms with Crippen molar-refractivity contribution in [3.8, 4) is 5.69 Å². The Labute approximate surface area is 155 Å². The third kappa shape index (κ3) is 3.65. The Morgan fingerprint density at radius 2 is 2.08 bits per heavy atom. The molecule has 25 heavy (non-hydrogen) atoms. The molecule has 1 aliphatic heterocycles. The number of rotatable bonds is 3. The summed E-state index contributed by atoms with van der Waals surface area (Å²) in [5.74, 6) is -0.201. The first-order valence-corrected chi connectivity index (χ1v) is 8.70. The monoisotopic (exact) mass is 380 g/mol. The normalized spacial score (nSPS) is 19.9. The van der Waals surface area contributed by atoms with Gasteiger partial charge in [0.05, 0.1) is 28.5 Å². The summed E-state index contributed by atoms with van der Waals surface area (Å²) < 4.78 is 1.54. The van der Waals surface area contributed by atoms with Crippen LogP contribution in [0.1, 0.15) is 30.6 Å². The summed E-state index contributed by atoms with van der Waals surface area (Å²) in [6, 6.07) is 4.97. The van der Waals surface area contributed by atoms with Gasteiger partial charge in [0.25, 0.3) is 5.91 Å². The molecule has 8 heteroatoms. The highest BCUT2D eigenvalue weighted by molar-refractivity contribution is 6.35. The fourth-order valence-electron chi connectivity index (χ4n) is 3.07. The lowest BCUT2D eigenvalue weighted by atomic mass is 10.1. The number of benzene rings is 1. The molecule has 1 aliphatic rings. The molecule has 2 heterocycles. The first-order valence-electron chi connectivity index (χ1n) is 7.95. The average molecular weight is 381 g/mol. The third-order valence-corrected chi connectivity index (χ3v) is 5.02. The minimum absolute atomic E-state index is 0.0226. The molecule has 1 N–H and O–H groups in total. The van der Waals surface area contributed by atoms with Crippen LogP contribution in [0.2, 0.25) is 10.0 Å². The first-order chi connectivity index (χ1) is 11.9. The van der Waals surface area contributed by atoms with Gasteiger partial charge in [-0.2, -0.15) is 5.10 Å². The molecule has 2 amide bonds. The van der Waals surface area contributed by atoms with Crippen LogP contribution in [0, 0.1) is 0 Å². The molecule has 132 valence electrons. The van der Waals surface area contributed by atoms with Gasteiger partial charge in [-0.3, -0.25) is 9.59 Å². The standard InChI is InChI=1S/C17H18Cl2N4O2/c1-10-15(5-6-22(10)11(2)24)21-17(25)12-8-20-23(9-12)16-4-3-13(18)7-14(16)19/h3-4,7-10,15H,5-6H2,1-2H3,(H,21,25)/t10-,15-/m1/s1. The van der Waals surface area contributed by atoms with Gasteiger partial charge in [-0.25, -0.2) is 4.68 Å². The summed E-state index contributed by atoms with van der Waals surface area (Å²) in [5.41, 5.74) is 1.07. The Bertz CT molecular complexity index is 821. The number of hydrogen-bond acceptors (Lipinski definition) is 3. The second-order valence-electron chi connectivity index (χ2n) is 6.09. The van der Waals surface area contributed by atoms with Crippen LogP contribution in [-0.4, -0.2) is 45.1 Å². The van der Waals surface area contributed by atoms with E-state index in [1.54, 1.807) is 36.2 Å². The van der Waals surface area contributed by atoms with Gasteiger partial charge in [-0.05, 0) is 31.5 Å². The number of hydrogen-bond donors (Lipinski definition) is 1. The van der Waals surface area contributed by atoms with Crippen molar-refractivity contribution < 1.29 is 9.59 Å². The molecule has 1 aromatic carbocycles. The number of nitrogens with one attached hydrogen (secondary N) is 1. The van der Waals surface area contributed by atoms with E-state index < -0.39 is 0 Å². The summed E-state index contributed by atoms with van der Waals surface area (Å²) in [6.07, 6.45) is 3.85. The predicted octanol–water partition coefficient (Wildman–Crippen LogP) is 2.92. The smallest absolute Gasteiger partial charge is 0.254 e. The maximum Gasteiger partial charge on any atom is 0.254 e. The van der Waals surface area contributed by atoms with Crippen LogP contribution in [0.15, 0.2) is 30.6 Å². The molecule has 0 saturated carbocycles. The highest BCUT2D eigenvalue weighted by Gasteiger charge is 2.33. The maximum absolute atomic E-state index is 12.5. The van der Waals surface area contributed by atoms with E-state index in [9.17, 15) is 9.59 Å².